The van der Waals surface area contributed by atoms with E-state index in [-0.39, 0.29) is 4.90 Å². The number of rotatable bonds is 5. The number of nitrogens with zero attached hydrogens (tertiary/aromatic N) is 2. The normalized spacial score (nSPS) is 11.4. The fourth-order valence-corrected chi connectivity index (χ4v) is 3.12. The highest BCUT2D eigenvalue weighted by Crippen LogP contribution is 2.20. The first kappa shape index (κ1) is 15.4. The number of nitrogens with two attached hydrogens (primary N) is 1. The predicted molar refractivity (Wildman–Crippen MR) is 84.9 cm³/mol. The Morgan fingerprint density at radius 2 is 1.86 bits per heavy atom. The lowest BCUT2D eigenvalue weighted by Gasteiger charge is -2.13. The van der Waals surface area contributed by atoms with Gasteiger partial charge in [0, 0.05) is 51.0 Å². The Balaban J connectivity index is 2.24. The van der Waals surface area contributed by atoms with Gasteiger partial charge in [0.05, 0.1) is 0 Å². The van der Waals surface area contributed by atoms with Crippen molar-refractivity contribution < 1.29 is 8.42 Å². The van der Waals surface area contributed by atoms with Crippen LogP contribution >= 0.6 is 0 Å². The Labute approximate surface area is 125 Å². The number of hydrogen-bond acceptors (Lipinski definition) is 4. The van der Waals surface area contributed by atoms with Crippen LogP contribution < -0.4 is 15.4 Å². The molecule has 114 valence electrons. The molecule has 3 N–H and O–H groups in total. The van der Waals surface area contributed by atoms with Gasteiger partial charge >= 0.3 is 0 Å². The molecule has 0 unspecified atom stereocenters. The molecule has 0 fully saturated rings. The summed E-state index contributed by atoms with van der Waals surface area (Å²) in [6.45, 7) is 0.295. The number of benzene rings is 1. The zero-order valence-electron chi connectivity index (χ0n) is 12.4. The third-order valence-corrected chi connectivity index (χ3v) is 4.59. The quantitative estimate of drug-likeness (QED) is 0.874. The molecule has 6 nitrogen and oxygen atoms in total. The third kappa shape index (κ3) is 3.37. The summed E-state index contributed by atoms with van der Waals surface area (Å²) in [7, 11) is 2.03. The summed E-state index contributed by atoms with van der Waals surface area (Å²) in [6, 6.07) is 8.76. The molecule has 1 aromatic heterocycles. The molecule has 0 radical (unpaired) electrons. The van der Waals surface area contributed by atoms with E-state index in [0.717, 1.165) is 11.4 Å². The minimum Gasteiger partial charge on any atom is -0.378 e. The summed E-state index contributed by atoms with van der Waals surface area (Å²) in [5.41, 5.74) is 7.86. The van der Waals surface area contributed by atoms with Crippen LogP contribution in [0.5, 0.6) is 0 Å². The molecule has 0 saturated heterocycles. The van der Waals surface area contributed by atoms with Crippen LogP contribution in [-0.4, -0.2) is 27.1 Å². The van der Waals surface area contributed by atoms with Gasteiger partial charge in [0.25, 0.3) is 10.0 Å². The summed E-state index contributed by atoms with van der Waals surface area (Å²) in [4.78, 5) is 2.16. The first-order chi connectivity index (χ1) is 9.83. The summed E-state index contributed by atoms with van der Waals surface area (Å²) in [5.74, 6) is 0. The van der Waals surface area contributed by atoms with Crippen molar-refractivity contribution in [3.05, 3.63) is 42.2 Å². The number of sulfonamides is 1. The van der Waals surface area contributed by atoms with Crippen LogP contribution in [0.2, 0.25) is 0 Å². The molecule has 2 aromatic rings. The van der Waals surface area contributed by atoms with E-state index in [1.54, 1.807) is 36.0 Å². The van der Waals surface area contributed by atoms with Crippen molar-refractivity contribution >= 4 is 21.4 Å². The molecule has 0 amide bonds. The van der Waals surface area contributed by atoms with Gasteiger partial charge in [-0.3, -0.25) is 4.72 Å². The van der Waals surface area contributed by atoms with Crippen LogP contribution in [0.25, 0.3) is 0 Å². The van der Waals surface area contributed by atoms with Crippen molar-refractivity contribution in [3.63, 3.8) is 0 Å². The maximum atomic E-state index is 12.3. The molecule has 1 aromatic carbocycles. The van der Waals surface area contributed by atoms with Gasteiger partial charge in [0.15, 0.2) is 0 Å². The van der Waals surface area contributed by atoms with Crippen molar-refractivity contribution in [1.29, 1.82) is 0 Å². The van der Waals surface area contributed by atoms with Crippen LogP contribution in [0.1, 0.15) is 5.69 Å². The second-order valence-electron chi connectivity index (χ2n) is 5.03. The lowest BCUT2D eigenvalue weighted by molar-refractivity contribution is 0.601. The first-order valence-electron chi connectivity index (χ1n) is 6.49. The second-order valence-corrected chi connectivity index (χ2v) is 6.71. The largest absolute Gasteiger partial charge is 0.378 e. The Morgan fingerprint density at radius 1 is 1.24 bits per heavy atom. The molecule has 0 bridgehead atoms. The molecular formula is C14H20N4O2S. The highest BCUT2D eigenvalue weighted by molar-refractivity contribution is 7.92. The number of hydrogen-bond donors (Lipinski definition) is 2. The molecule has 7 heteroatoms. The van der Waals surface area contributed by atoms with E-state index in [1.807, 2.05) is 31.1 Å². The van der Waals surface area contributed by atoms with Gasteiger partial charge in [-0.05, 0) is 30.3 Å². The van der Waals surface area contributed by atoms with Gasteiger partial charge in [-0.2, -0.15) is 0 Å². The van der Waals surface area contributed by atoms with Gasteiger partial charge in [-0.25, -0.2) is 8.42 Å². The molecule has 0 aliphatic carbocycles. The minimum atomic E-state index is -3.60. The van der Waals surface area contributed by atoms with Crippen molar-refractivity contribution in [2.75, 3.05) is 23.7 Å². The fourth-order valence-electron chi connectivity index (χ4n) is 1.97. The van der Waals surface area contributed by atoms with Gasteiger partial charge in [0.2, 0.25) is 0 Å². The fraction of sp³-hybridized carbons (Fsp3) is 0.286. The lowest BCUT2D eigenvalue weighted by Crippen LogP contribution is -2.13. The van der Waals surface area contributed by atoms with Crippen molar-refractivity contribution in [2.45, 2.75) is 11.4 Å². The van der Waals surface area contributed by atoms with Gasteiger partial charge in [-0.15, -0.1) is 0 Å². The Bertz CT molecular complexity index is 718. The average Bonchev–Trinajstić information content (AvgIpc) is 2.81. The van der Waals surface area contributed by atoms with E-state index in [4.69, 9.17) is 5.73 Å². The van der Waals surface area contributed by atoms with Crippen LogP contribution in [0.4, 0.5) is 11.4 Å². The number of aromatic nitrogens is 1. The monoisotopic (exact) mass is 308 g/mol. The molecule has 0 atom stereocenters. The van der Waals surface area contributed by atoms with Gasteiger partial charge in [0.1, 0.15) is 4.90 Å². The Kier molecular flexibility index (Phi) is 4.24. The highest BCUT2D eigenvalue weighted by Gasteiger charge is 2.17. The zero-order chi connectivity index (χ0) is 15.6. The molecule has 21 heavy (non-hydrogen) atoms. The molecule has 0 aliphatic heterocycles. The summed E-state index contributed by atoms with van der Waals surface area (Å²) >= 11 is 0. The standard InChI is InChI=1S/C14H20N4O2S/c1-17(2)12-6-4-11(5-7-12)16-21(19,20)14-8-13(9-15)18(3)10-14/h4-8,10,16H,9,15H2,1-3H3. The predicted octanol–water partition coefficient (Wildman–Crippen LogP) is 1.35. The summed E-state index contributed by atoms with van der Waals surface area (Å²) in [6.07, 6.45) is 1.55. The van der Waals surface area contributed by atoms with E-state index in [1.165, 1.54) is 0 Å². The molecular weight excluding hydrogens is 288 g/mol. The van der Waals surface area contributed by atoms with Crippen LogP contribution in [-0.2, 0) is 23.6 Å². The van der Waals surface area contributed by atoms with Gasteiger partial charge in [-0.1, -0.05) is 0 Å². The Morgan fingerprint density at radius 3 is 2.33 bits per heavy atom. The topological polar surface area (TPSA) is 80.4 Å². The molecule has 1 heterocycles. The number of anilines is 2. The molecule has 0 saturated carbocycles. The maximum Gasteiger partial charge on any atom is 0.263 e. The highest BCUT2D eigenvalue weighted by atomic mass is 32.2. The van der Waals surface area contributed by atoms with E-state index in [2.05, 4.69) is 4.72 Å². The van der Waals surface area contributed by atoms with E-state index in [0.29, 0.717) is 12.2 Å². The van der Waals surface area contributed by atoms with Crippen LogP contribution in [0, 0.1) is 0 Å². The average molecular weight is 308 g/mol. The van der Waals surface area contributed by atoms with Crippen molar-refractivity contribution in [1.82, 2.24) is 4.57 Å². The number of aryl methyl sites for hydroxylation is 1. The smallest absolute Gasteiger partial charge is 0.263 e. The summed E-state index contributed by atoms with van der Waals surface area (Å²) < 4.78 is 28.9. The minimum absolute atomic E-state index is 0.210. The Hall–Kier alpha value is -1.99. The number of nitrogens with one attached hydrogen (secondary N) is 1. The second kappa shape index (κ2) is 5.79. The van der Waals surface area contributed by atoms with Gasteiger partial charge < -0.3 is 15.2 Å². The molecule has 0 aliphatic rings. The molecule has 2 rings (SSSR count). The molecule has 0 spiro atoms. The van der Waals surface area contributed by atoms with E-state index in [9.17, 15) is 8.42 Å². The van der Waals surface area contributed by atoms with E-state index >= 15 is 0 Å². The first-order valence-corrected chi connectivity index (χ1v) is 7.97. The van der Waals surface area contributed by atoms with E-state index < -0.39 is 10.0 Å². The third-order valence-electron chi connectivity index (χ3n) is 3.24. The van der Waals surface area contributed by atoms with Crippen molar-refractivity contribution in [2.24, 2.45) is 12.8 Å². The lowest BCUT2D eigenvalue weighted by atomic mass is 10.3. The van der Waals surface area contributed by atoms with Crippen molar-refractivity contribution in [3.8, 4) is 0 Å². The van der Waals surface area contributed by atoms with Crippen LogP contribution in [0.3, 0.4) is 0 Å². The zero-order valence-corrected chi connectivity index (χ0v) is 13.2. The van der Waals surface area contributed by atoms with Crippen LogP contribution in [0.15, 0.2) is 41.4 Å². The summed E-state index contributed by atoms with van der Waals surface area (Å²) in [5, 5.41) is 0. The SMILES string of the molecule is CN(C)c1ccc(NS(=O)(=O)c2cc(CN)n(C)c2)cc1. The maximum absolute atomic E-state index is 12.3.